The molecule has 52 heavy (non-hydrogen) atoms. The number of benzene rings is 1. The fraction of sp³-hybridized carbons (Fsp3) is 0.641. The van der Waals surface area contributed by atoms with E-state index >= 15 is 0 Å². The highest BCUT2D eigenvalue weighted by molar-refractivity contribution is 6.33. The molecule has 1 saturated carbocycles. The lowest BCUT2D eigenvalue weighted by atomic mass is 9.86. The predicted octanol–water partition coefficient (Wildman–Crippen LogP) is 4.47. The summed E-state index contributed by atoms with van der Waals surface area (Å²) in [6.45, 7) is 6.75. The lowest BCUT2D eigenvalue weighted by molar-refractivity contribution is -0.874. The number of alkyl halides is 3. The highest BCUT2D eigenvalue weighted by atomic mass is 35.5. The normalized spacial score (nSPS) is 26.4. The summed E-state index contributed by atoms with van der Waals surface area (Å²) in [6.07, 6.45) is 10.9. The molecule has 4 aliphatic heterocycles. The minimum Gasteiger partial charge on any atom is -0.634 e. The van der Waals surface area contributed by atoms with Crippen LogP contribution in [0.5, 0.6) is 0 Å². The van der Waals surface area contributed by atoms with Crippen LogP contribution in [0.3, 0.4) is 0 Å². The number of rotatable bonds is 8. The van der Waals surface area contributed by atoms with Crippen molar-refractivity contribution in [1.82, 2.24) is 19.6 Å². The first-order valence-corrected chi connectivity index (χ1v) is 19.6. The van der Waals surface area contributed by atoms with Crippen molar-refractivity contribution >= 4 is 29.1 Å². The van der Waals surface area contributed by atoms with Gasteiger partial charge in [-0.05, 0) is 74.6 Å². The second kappa shape index (κ2) is 15.8. The van der Waals surface area contributed by atoms with Crippen molar-refractivity contribution in [2.24, 2.45) is 11.8 Å². The second-order valence-electron chi connectivity index (χ2n) is 15.7. The van der Waals surface area contributed by atoms with Crippen molar-refractivity contribution < 1.29 is 27.8 Å². The second-order valence-corrected chi connectivity index (χ2v) is 16.1. The number of hydrogen-bond acceptors (Lipinski definition) is 6. The molecule has 2 aliphatic carbocycles. The number of nitrogens with one attached hydrogen (secondary N) is 1. The van der Waals surface area contributed by atoms with Gasteiger partial charge in [-0.2, -0.15) is 13.2 Å². The summed E-state index contributed by atoms with van der Waals surface area (Å²) in [5.41, 5.74) is 6.61. The van der Waals surface area contributed by atoms with Gasteiger partial charge in [0.05, 0.1) is 28.2 Å². The van der Waals surface area contributed by atoms with E-state index in [-0.39, 0.29) is 52.3 Å². The number of amides is 2. The van der Waals surface area contributed by atoms with Gasteiger partial charge in [0.25, 0.3) is 0 Å². The molecule has 0 radical (unpaired) electrons. The molecule has 0 bridgehead atoms. The SMILES string of the molecule is Nc1c(Cl)cc(C[C@@H](CC(=O)N2CCC(C3CC=C4C=CCC=C4C[NH+]3[O-])CC2)C(=O)N2CCC(N3CCN(C4CC4)CC3)CC2)cc1C(F)(F)F. The third kappa shape index (κ3) is 8.57. The molecule has 0 spiro atoms. The van der Waals surface area contributed by atoms with Crippen LogP contribution in [0.25, 0.3) is 0 Å². The van der Waals surface area contributed by atoms with Crippen molar-refractivity contribution in [3.63, 3.8) is 0 Å². The molecule has 0 aromatic heterocycles. The van der Waals surface area contributed by atoms with Gasteiger partial charge in [0, 0.05) is 88.8 Å². The smallest absolute Gasteiger partial charge is 0.418 e. The Hall–Kier alpha value is -2.90. The fourth-order valence-electron chi connectivity index (χ4n) is 9.23. The number of hydrogen-bond donors (Lipinski definition) is 2. The minimum atomic E-state index is -4.71. The van der Waals surface area contributed by atoms with Gasteiger partial charge in [-0.3, -0.25) is 19.4 Å². The quantitative estimate of drug-likeness (QED) is 0.301. The Kier molecular flexibility index (Phi) is 11.4. The lowest BCUT2D eigenvalue weighted by Gasteiger charge is -2.43. The van der Waals surface area contributed by atoms with Crippen LogP contribution in [0.15, 0.2) is 47.6 Å². The van der Waals surface area contributed by atoms with E-state index in [0.29, 0.717) is 58.0 Å². The Labute approximate surface area is 309 Å². The van der Waals surface area contributed by atoms with E-state index in [1.807, 2.05) is 0 Å². The zero-order valence-corrected chi connectivity index (χ0v) is 30.6. The largest absolute Gasteiger partial charge is 0.634 e. The molecule has 6 aliphatic rings. The summed E-state index contributed by atoms with van der Waals surface area (Å²) in [7, 11) is 0. The molecule has 2 amide bonds. The minimum absolute atomic E-state index is 0.0529. The van der Waals surface area contributed by atoms with Crippen molar-refractivity contribution in [2.75, 3.05) is 64.6 Å². The molecular formula is C39H52ClF3N6O3. The molecule has 284 valence electrons. The number of carbonyl (C=O) groups is 2. The van der Waals surface area contributed by atoms with Crippen LogP contribution in [0.4, 0.5) is 18.9 Å². The van der Waals surface area contributed by atoms with Gasteiger partial charge in [0.2, 0.25) is 11.8 Å². The van der Waals surface area contributed by atoms with E-state index in [1.165, 1.54) is 18.9 Å². The molecule has 3 N–H and O–H groups in total. The number of likely N-dealkylation sites (tertiary alicyclic amines) is 2. The van der Waals surface area contributed by atoms with Gasteiger partial charge in [0.1, 0.15) is 6.54 Å². The molecule has 1 aromatic rings. The van der Waals surface area contributed by atoms with Gasteiger partial charge in [-0.15, -0.1) is 0 Å². The molecule has 4 fully saturated rings. The monoisotopic (exact) mass is 744 g/mol. The van der Waals surface area contributed by atoms with E-state index in [2.05, 4.69) is 34.1 Å². The molecule has 13 heteroatoms. The Morgan fingerprint density at radius 3 is 2.17 bits per heavy atom. The first kappa shape index (κ1) is 37.4. The Bertz CT molecular complexity index is 1570. The molecule has 7 rings (SSSR count). The van der Waals surface area contributed by atoms with Crippen molar-refractivity contribution in [2.45, 2.75) is 88.5 Å². The average molecular weight is 745 g/mol. The number of carbonyl (C=O) groups excluding carboxylic acids is 2. The zero-order chi connectivity index (χ0) is 36.6. The maximum atomic E-state index is 14.2. The maximum Gasteiger partial charge on any atom is 0.418 e. The van der Waals surface area contributed by atoms with Crippen LogP contribution in [0.2, 0.25) is 5.02 Å². The Morgan fingerprint density at radius 2 is 1.54 bits per heavy atom. The number of nitrogens with zero attached hydrogens (tertiary/aromatic N) is 4. The van der Waals surface area contributed by atoms with Crippen molar-refractivity contribution in [3.8, 4) is 0 Å². The summed E-state index contributed by atoms with van der Waals surface area (Å²) in [4.78, 5) is 36.8. The molecule has 3 saturated heterocycles. The maximum absolute atomic E-state index is 14.2. The standard InChI is InChI=1S/C39H52ClF3N6O3/c40-34-23-26(22-33(37(34)44)39(41,42)43)21-30(38(51)48-15-11-32(12-16-48)46-19-17-45(18-20-46)31-6-7-31)24-36(50)47-13-9-28(10-14-47)35-8-5-27-3-1-2-4-29(27)25-49(35)52/h1,3-5,22-23,28,30-32,35,49H,2,6-21,24-25,44H2/t30-,35?/m0/s1. The average Bonchev–Trinajstić information content (AvgIpc) is 4.00. The van der Waals surface area contributed by atoms with E-state index in [1.54, 1.807) is 9.80 Å². The molecular weight excluding hydrogens is 693 g/mol. The summed E-state index contributed by atoms with van der Waals surface area (Å²) in [5.74, 6) is -1.06. The number of quaternary nitrogens is 1. The Balaban J connectivity index is 1.000. The van der Waals surface area contributed by atoms with Gasteiger partial charge in [0.15, 0.2) is 0 Å². The predicted molar refractivity (Wildman–Crippen MR) is 195 cm³/mol. The molecule has 4 heterocycles. The topological polar surface area (TPSA) is 101 Å². The van der Waals surface area contributed by atoms with Crippen LogP contribution in [-0.4, -0.2) is 108 Å². The number of fused-ring (bicyclic) bond motifs is 1. The van der Waals surface area contributed by atoms with Gasteiger partial charge in [-0.25, -0.2) is 0 Å². The van der Waals surface area contributed by atoms with Crippen LogP contribution in [-0.2, 0) is 22.2 Å². The number of piperidine rings is 2. The summed E-state index contributed by atoms with van der Waals surface area (Å²) < 4.78 is 41.6. The first-order valence-electron chi connectivity index (χ1n) is 19.2. The highest BCUT2D eigenvalue weighted by Crippen LogP contribution is 2.39. The number of piperazine rings is 1. The van der Waals surface area contributed by atoms with Gasteiger partial charge < -0.3 is 25.8 Å². The fourth-order valence-corrected chi connectivity index (χ4v) is 9.47. The summed E-state index contributed by atoms with van der Waals surface area (Å²) >= 11 is 6.18. The highest BCUT2D eigenvalue weighted by Gasteiger charge is 2.39. The van der Waals surface area contributed by atoms with Crippen LogP contribution < -0.4 is 10.8 Å². The third-order valence-corrected chi connectivity index (χ3v) is 12.8. The summed E-state index contributed by atoms with van der Waals surface area (Å²) in [6, 6.07) is 3.43. The Morgan fingerprint density at radius 1 is 0.904 bits per heavy atom. The van der Waals surface area contributed by atoms with E-state index in [9.17, 15) is 28.0 Å². The third-order valence-electron chi connectivity index (χ3n) is 12.5. The number of nitrogen functional groups attached to an aromatic ring is 1. The number of anilines is 1. The van der Waals surface area contributed by atoms with E-state index in [0.717, 1.165) is 68.7 Å². The number of nitrogens with two attached hydrogens (primary N) is 1. The van der Waals surface area contributed by atoms with Crippen molar-refractivity contribution in [1.29, 1.82) is 0 Å². The molecule has 2 unspecified atom stereocenters. The number of halogens is 4. The molecule has 9 nitrogen and oxygen atoms in total. The van der Waals surface area contributed by atoms with E-state index in [4.69, 9.17) is 17.3 Å². The number of allylic oxidation sites excluding steroid dienone is 3. The van der Waals surface area contributed by atoms with Crippen LogP contribution in [0, 0.1) is 17.0 Å². The zero-order valence-electron chi connectivity index (χ0n) is 29.9. The number of hydroxylamine groups is 2. The first-order chi connectivity index (χ1) is 24.9. The van der Waals surface area contributed by atoms with Crippen LogP contribution >= 0.6 is 11.6 Å². The molecule has 1 aromatic carbocycles. The molecule has 3 atom stereocenters. The summed E-state index contributed by atoms with van der Waals surface area (Å²) in [5, 5.41) is 13.3. The van der Waals surface area contributed by atoms with Crippen LogP contribution in [0.1, 0.15) is 68.9 Å². The van der Waals surface area contributed by atoms with Gasteiger partial charge in [-0.1, -0.05) is 35.9 Å². The van der Waals surface area contributed by atoms with Crippen molar-refractivity contribution in [3.05, 3.63) is 68.9 Å². The van der Waals surface area contributed by atoms with E-state index < -0.39 is 23.3 Å². The lowest BCUT2D eigenvalue weighted by Crippen LogP contribution is -3.12. The van der Waals surface area contributed by atoms with Gasteiger partial charge >= 0.3 is 6.18 Å².